The molecule has 0 bridgehead atoms. The predicted molar refractivity (Wildman–Crippen MR) is 95.1 cm³/mol. The van der Waals surface area contributed by atoms with Crippen molar-refractivity contribution in [3.63, 3.8) is 0 Å². The van der Waals surface area contributed by atoms with Crippen molar-refractivity contribution >= 4 is 0 Å². The van der Waals surface area contributed by atoms with Crippen LogP contribution in [0.25, 0.3) is 0 Å². The molecule has 0 aromatic heterocycles. The minimum atomic E-state index is 0.944. The molecule has 0 aromatic rings. The highest BCUT2D eigenvalue weighted by molar-refractivity contribution is 4.89. The molecule has 0 N–H and O–H groups in total. The lowest BCUT2D eigenvalue weighted by Crippen LogP contribution is -2.39. The summed E-state index contributed by atoms with van der Waals surface area (Å²) < 4.78 is 0. The average Bonchev–Trinajstić information content (AvgIpc) is 3.29. The molecule has 2 heteroatoms. The zero-order valence-corrected chi connectivity index (χ0v) is 15.4. The summed E-state index contributed by atoms with van der Waals surface area (Å²) in [5, 5.41) is 0. The van der Waals surface area contributed by atoms with Crippen LogP contribution in [0.1, 0.15) is 66.2 Å². The molecule has 4 rings (SSSR count). The molecule has 0 radical (unpaired) electrons. The van der Waals surface area contributed by atoms with Gasteiger partial charge in [0.2, 0.25) is 0 Å². The molecule has 0 amide bonds. The molecule has 0 spiro atoms. The van der Waals surface area contributed by atoms with Crippen molar-refractivity contribution in [1.29, 1.82) is 0 Å². The summed E-state index contributed by atoms with van der Waals surface area (Å²) in [7, 11) is 0. The van der Waals surface area contributed by atoms with Crippen molar-refractivity contribution in [1.82, 2.24) is 9.80 Å². The van der Waals surface area contributed by atoms with Crippen molar-refractivity contribution in [2.75, 3.05) is 26.2 Å². The monoisotopic (exact) mass is 306 g/mol. The first kappa shape index (κ1) is 16.8. The van der Waals surface area contributed by atoms with Crippen molar-refractivity contribution in [2.24, 2.45) is 23.7 Å². The molecular weight excluding hydrogens is 268 g/mol. The molecule has 2 aliphatic heterocycles. The van der Waals surface area contributed by atoms with Crippen molar-refractivity contribution in [3.8, 4) is 0 Å². The van der Waals surface area contributed by atoms with E-state index in [1.165, 1.54) is 64.7 Å². The quantitative estimate of drug-likeness (QED) is 0.752. The maximum Gasteiger partial charge on any atom is 0.00966 e. The first-order valence-electron chi connectivity index (χ1n) is 9.99. The minimum Gasteiger partial charge on any atom is -0.300 e. The normalized spacial score (nSPS) is 40.9. The fourth-order valence-corrected chi connectivity index (χ4v) is 4.90. The minimum absolute atomic E-state index is 0.944. The SMILES string of the molecule is C[C@@H]1C[C@H](C)CN(C2CC2)C1.C[C@@H]1C[C@H](C)CN(C2CC2)C1. The van der Waals surface area contributed by atoms with Gasteiger partial charge in [0.1, 0.15) is 0 Å². The topological polar surface area (TPSA) is 6.48 Å². The highest BCUT2D eigenvalue weighted by Gasteiger charge is 2.34. The lowest BCUT2D eigenvalue weighted by molar-refractivity contribution is 0.133. The Bertz CT molecular complexity index is 294. The third-order valence-electron chi connectivity index (χ3n) is 5.92. The summed E-state index contributed by atoms with van der Waals surface area (Å²) >= 11 is 0. The Labute approximate surface area is 138 Å². The van der Waals surface area contributed by atoms with E-state index in [0.717, 1.165) is 35.8 Å². The fraction of sp³-hybridized carbons (Fsp3) is 1.00. The van der Waals surface area contributed by atoms with Crippen LogP contribution in [0.5, 0.6) is 0 Å². The third-order valence-corrected chi connectivity index (χ3v) is 5.92. The number of piperidine rings is 2. The van der Waals surface area contributed by atoms with Gasteiger partial charge >= 0.3 is 0 Å². The molecule has 2 nitrogen and oxygen atoms in total. The number of nitrogens with zero attached hydrogens (tertiary/aromatic N) is 2. The Morgan fingerprint density at radius 1 is 0.500 bits per heavy atom. The van der Waals surface area contributed by atoms with E-state index < -0.39 is 0 Å². The smallest absolute Gasteiger partial charge is 0.00966 e. The Morgan fingerprint density at radius 3 is 1.00 bits per heavy atom. The Balaban J connectivity index is 0.000000131. The van der Waals surface area contributed by atoms with Gasteiger partial charge in [-0.15, -0.1) is 0 Å². The second kappa shape index (κ2) is 7.21. The summed E-state index contributed by atoms with van der Waals surface area (Å²) in [6.45, 7) is 15.1. The van der Waals surface area contributed by atoms with E-state index in [4.69, 9.17) is 0 Å². The van der Waals surface area contributed by atoms with E-state index >= 15 is 0 Å². The van der Waals surface area contributed by atoms with Gasteiger partial charge in [0.15, 0.2) is 0 Å². The first-order chi connectivity index (χ1) is 10.5. The maximum atomic E-state index is 2.71. The molecule has 4 atom stereocenters. The summed E-state index contributed by atoms with van der Waals surface area (Å²) in [6, 6.07) is 1.97. The highest BCUT2D eigenvalue weighted by Crippen LogP contribution is 2.33. The third kappa shape index (κ3) is 4.96. The standard InChI is InChI=1S/2C10H19N/c2*1-8-5-9(2)7-11(6-8)10-3-4-10/h2*8-10H,3-7H2,1-2H3/t2*8-,9+. The van der Waals surface area contributed by atoms with Crippen molar-refractivity contribution < 1.29 is 0 Å². The number of hydrogen-bond donors (Lipinski definition) is 0. The number of rotatable bonds is 2. The van der Waals surface area contributed by atoms with Gasteiger partial charge in [-0.25, -0.2) is 0 Å². The average molecular weight is 307 g/mol. The van der Waals surface area contributed by atoms with Crippen LogP contribution < -0.4 is 0 Å². The van der Waals surface area contributed by atoms with Gasteiger partial charge in [-0.1, -0.05) is 27.7 Å². The van der Waals surface area contributed by atoms with Gasteiger partial charge < -0.3 is 0 Å². The van der Waals surface area contributed by atoms with E-state index in [1.807, 2.05) is 0 Å². The van der Waals surface area contributed by atoms with Crippen LogP contribution in [-0.2, 0) is 0 Å². The van der Waals surface area contributed by atoms with Crippen molar-refractivity contribution in [3.05, 3.63) is 0 Å². The van der Waals surface area contributed by atoms with E-state index in [-0.39, 0.29) is 0 Å². The second-order valence-electron chi connectivity index (χ2n) is 9.26. The molecule has 2 saturated carbocycles. The molecule has 128 valence electrons. The van der Waals surface area contributed by atoms with Gasteiger partial charge in [0, 0.05) is 38.3 Å². The Hall–Kier alpha value is -0.0800. The van der Waals surface area contributed by atoms with Crippen LogP contribution in [0.4, 0.5) is 0 Å². The fourth-order valence-electron chi connectivity index (χ4n) is 4.90. The molecule has 2 saturated heterocycles. The molecule has 0 aromatic carbocycles. The van der Waals surface area contributed by atoms with Gasteiger partial charge in [-0.05, 0) is 62.2 Å². The summed E-state index contributed by atoms with van der Waals surface area (Å²) in [4.78, 5) is 5.41. The summed E-state index contributed by atoms with van der Waals surface area (Å²) in [5.74, 6) is 3.78. The zero-order chi connectivity index (χ0) is 15.7. The van der Waals surface area contributed by atoms with Gasteiger partial charge in [0.25, 0.3) is 0 Å². The molecule has 4 aliphatic rings. The lowest BCUT2D eigenvalue weighted by Gasteiger charge is -2.35. The molecule has 2 aliphatic carbocycles. The van der Waals surface area contributed by atoms with Crippen LogP contribution in [0.15, 0.2) is 0 Å². The summed E-state index contributed by atoms with van der Waals surface area (Å²) in [6.07, 6.45) is 8.78. The number of likely N-dealkylation sites (tertiary alicyclic amines) is 2. The van der Waals surface area contributed by atoms with Gasteiger partial charge in [-0.2, -0.15) is 0 Å². The molecule has 0 unspecified atom stereocenters. The van der Waals surface area contributed by atoms with Crippen molar-refractivity contribution in [2.45, 2.75) is 78.3 Å². The van der Waals surface area contributed by atoms with E-state index in [1.54, 1.807) is 0 Å². The molecule has 4 fully saturated rings. The Morgan fingerprint density at radius 2 is 0.773 bits per heavy atom. The summed E-state index contributed by atoms with van der Waals surface area (Å²) in [5.41, 5.74) is 0. The van der Waals surface area contributed by atoms with Crippen LogP contribution in [0.3, 0.4) is 0 Å². The van der Waals surface area contributed by atoms with E-state index in [2.05, 4.69) is 37.5 Å². The predicted octanol–water partition coefficient (Wildman–Crippen LogP) is 4.25. The van der Waals surface area contributed by atoms with Gasteiger partial charge in [0.05, 0.1) is 0 Å². The van der Waals surface area contributed by atoms with Crippen LogP contribution in [-0.4, -0.2) is 48.1 Å². The molecule has 2 heterocycles. The van der Waals surface area contributed by atoms with E-state index in [9.17, 15) is 0 Å². The second-order valence-corrected chi connectivity index (χ2v) is 9.26. The van der Waals surface area contributed by atoms with Crippen LogP contribution >= 0.6 is 0 Å². The zero-order valence-electron chi connectivity index (χ0n) is 15.4. The number of hydrogen-bond acceptors (Lipinski definition) is 2. The first-order valence-corrected chi connectivity index (χ1v) is 9.99. The highest BCUT2D eigenvalue weighted by atomic mass is 15.2. The lowest BCUT2D eigenvalue weighted by atomic mass is 9.92. The molecular formula is C20H38N2. The van der Waals surface area contributed by atoms with Crippen LogP contribution in [0.2, 0.25) is 0 Å². The molecule has 22 heavy (non-hydrogen) atoms. The Kier molecular flexibility index (Phi) is 5.50. The van der Waals surface area contributed by atoms with E-state index in [0.29, 0.717) is 0 Å². The maximum absolute atomic E-state index is 2.71. The van der Waals surface area contributed by atoms with Gasteiger partial charge in [-0.3, -0.25) is 9.80 Å². The largest absolute Gasteiger partial charge is 0.300 e. The van der Waals surface area contributed by atoms with Crippen LogP contribution in [0, 0.1) is 23.7 Å².